The Morgan fingerprint density at radius 3 is 2.67 bits per heavy atom. The maximum Gasteiger partial charge on any atom is 0.0579 e. The summed E-state index contributed by atoms with van der Waals surface area (Å²) in [6.45, 7) is 2.18. The molecular weight excluding hydrogens is 184 g/mol. The average molecular weight is 204 g/mol. The normalized spacial score (nSPS) is 25.7. The molecule has 2 rings (SSSR count). The average Bonchev–Trinajstić information content (AvgIpc) is 2.66. The van der Waals surface area contributed by atoms with E-state index in [1.807, 2.05) is 0 Å². The van der Waals surface area contributed by atoms with Gasteiger partial charge in [0, 0.05) is 0 Å². The Hall–Kier alpha value is -0.820. The molecule has 0 saturated carbocycles. The maximum atomic E-state index is 5.80. The highest BCUT2D eigenvalue weighted by atomic mass is 16.5. The molecule has 0 spiro atoms. The predicted octanol–water partition coefficient (Wildman–Crippen LogP) is 3.58. The minimum absolute atomic E-state index is 0.492. The highest BCUT2D eigenvalue weighted by Gasteiger charge is 2.20. The van der Waals surface area contributed by atoms with E-state index in [0.717, 1.165) is 0 Å². The van der Waals surface area contributed by atoms with Crippen LogP contribution in [0.1, 0.15) is 38.2 Å². The van der Waals surface area contributed by atoms with Gasteiger partial charge in [-0.15, -0.1) is 0 Å². The molecule has 2 atom stereocenters. The number of hydrogen-bond donors (Lipinski definition) is 0. The largest absolute Gasteiger partial charge is 0.375 e. The second kappa shape index (κ2) is 5.32. The molecular formula is C14H20O. The molecule has 0 aromatic heterocycles. The second-order valence-electron chi connectivity index (χ2n) is 4.52. The van der Waals surface area contributed by atoms with E-state index in [0.29, 0.717) is 12.2 Å². The second-order valence-corrected chi connectivity index (χ2v) is 4.52. The lowest BCUT2D eigenvalue weighted by Gasteiger charge is -2.10. The van der Waals surface area contributed by atoms with Crippen LogP contribution < -0.4 is 0 Å². The van der Waals surface area contributed by atoms with E-state index in [2.05, 4.69) is 37.3 Å². The van der Waals surface area contributed by atoms with Gasteiger partial charge in [-0.1, -0.05) is 30.3 Å². The van der Waals surface area contributed by atoms with Gasteiger partial charge >= 0.3 is 0 Å². The molecule has 1 heteroatoms. The van der Waals surface area contributed by atoms with Crippen molar-refractivity contribution in [3.63, 3.8) is 0 Å². The van der Waals surface area contributed by atoms with Crippen LogP contribution in [0.25, 0.3) is 0 Å². The molecule has 82 valence electrons. The number of hydrogen-bond acceptors (Lipinski definition) is 1. The first-order valence-electron chi connectivity index (χ1n) is 6.04. The lowest BCUT2D eigenvalue weighted by Crippen LogP contribution is -2.08. The lowest BCUT2D eigenvalue weighted by atomic mass is 10.0. The van der Waals surface area contributed by atoms with Crippen molar-refractivity contribution in [2.75, 3.05) is 0 Å². The van der Waals surface area contributed by atoms with Crippen LogP contribution >= 0.6 is 0 Å². The zero-order chi connectivity index (χ0) is 10.5. The van der Waals surface area contributed by atoms with Crippen molar-refractivity contribution in [2.45, 2.75) is 51.2 Å². The van der Waals surface area contributed by atoms with E-state index in [-0.39, 0.29) is 0 Å². The molecule has 1 aliphatic heterocycles. The van der Waals surface area contributed by atoms with Gasteiger partial charge in [0.05, 0.1) is 12.2 Å². The van der Waals surface area contributed by atoms with Crippen molar-refractivity contribution in [1.82, 2.24) is 0 Å². The molecule has 1 unspecified atom stereocenters. The van der Waals surface area contributed by atoms with E-state index in [1.54, 1.807) is 0 Å². The van der Waals surface area contributed by atoms with Gasteiger partial charge in [0.1, 0.15) is 0 Å². The highest BCUT2D eigenvalue weighted by Crippen LogP contribution is 2.23. The molecule has 1 nitrogen and oxygen atoms in total. The maximum absolute atomic E-state index is 5.80. The van der Waals surface area contributed by atoms with Crippen LogP contribution in [0, 0.1) is 0 Å². The van der Waals surface area contributed by atoms with Crippen molar-refractivity contribution in [2.24, 2.45) is 0 Å². The quantitative estimate of drug-likeness (QED) is 0.728. The van der Waals surface area contributed by atoms with Gasteiger partial charge in [-0.25, -0.2) is 0 Å². The van der Waals surface area contributed by atoms with Crippen LogP contribution in [-0.4, -0.2) is 12.2 Å². The van der Waals surface area contributed by atoms with E-state index in [4.69, 9.17) is 4.74 Å². The fourth-order valence-electron chi connectivity index (χ4n) is 2.28. The zero-order valence-corrected chi connectivity index (χ0v) is 9.49. The standard InChI is InChI=1S/C14H20O/c1-12-10-11-14(15-12)9-5-8-13-6-3-2-4-7-13/h2-4,6-7,12,14H,5,8-11H2,1H3/t12?,14-/m0/s1. The summed E-state index contributed by atoms with van der Waals surface area (Å²) < 4.78 is 5.80. The Morgan fingerprint density at radius 2 is 2.00 bits per heavy atom. The van der Waals surface area contributed by atoms with Crippen LogP contribution in [-0.2, 0) is 11.2 Å². The monoisotopic (exact) mass is 204 g/mol. The molecule has 1 saturated heterocycles. The van der Waals surface area contributed by atoms with E-state index in [1.165, 1.54) is 37.7 Å². The molecule has 0 amide bonds. The molecule has 0 bridgehead atoms. The van der Waals surface area contributed by atoms with Crippen LogP contribution in [0.15, 0.2) is 30.3 Å². The Labute approximate surface area is 92.5 Å². The van der Waals surface area contributed by atoms with Crippen LogP contribution in [0.2, 0.25) is 0 Å². The third-order valence-electron chi connectivity index (χ3n) is 3.15. The minimum Gasteiger partial charge on any atom is -0.375 e. The Kier molecular flexibility index (Phi) is 3.79. The Morgan fingerprint density at radius 1 is 1.20 bits per heavy atom. The van der Waals surface area contributed by atoms with Crippen LogP contribution in [0.3, 0.4) is 0 Å². The summed E-state index contributed by atoms with van der Waals surface area (Å²) >= 11 is 0. The van der Waals surface area contributed by atoms with Crippen LogP contribution in [0.5, 0.6) is 0 Å². The van der Waals surface area contributed by atoms with E-state index < -0.39 is 0 Å². The van der Waals surface area contributed by atoms with Crippen LogP contribution in [0.4, 0.5) is 0 Å². The summed E-state index contributed by atoms with van der Waals surface area (Å²) in [4.78, 5) is 0. The van der Waals surface area contributed by atoms with Crippen molar-refractivity contribution >= 4 is 0 Å². The first-order valence-corrected chi connectivity index (χ1v) is 6.04. The lowest BCUT2D eigenvalue weighted by molar-refractivity contribution is 0.0499. The molecule has 1 heterocycles. The van der Waals surface area contributed by atoms with Crippen molar-refractivity contribution < 1.29 is 4.74 Å². The van der Waals surface area contributed by atoms with E-state index in [9.17, 15) is 0 Å². The summed E-state index contributed by atoms with van der Waals surface area (Å²) in [5, 5.41) is 0. The van der Waals surface area contributed by atoms with E-state index >= 15 is 0 Å². The van der Waals surface area contributed by atoms with Crippen molar-refractivity contribution in [3.8, 4) is 0 Å². The summed E-state index contributed by atoms with van der Waals surface area (Å²) in [5.41, 5.74) is 1.45. The first-order chi connectivity index (χ1) is 7.34. The van der Waals surface area contributed by atoms with Gasteiger partial charge < -0.3 is 4.74 Å². The van der Waals surface area contributed by atoms with Gasteiger partial charge in [-0.3, -0.25) is 0 Å². The molecule has 1 aromatic rings. The fraction of sp³-hybridized carbons (Fsp3) is 0.571. The third-order valence-corrected chi connectivity index (χ3v) is 3.15. The number of rotatable bonds is 4. The smallest absolute Gasteiger partial charge is 0.0579 e. The minimum atomic E-state index is 0.492. The SMILES string of the molecule is CC1CC[C@H](CCCc2ccccc2)O1. The molecule has 0 aliphatic carbocycles. The zero-order valence-electron chi connectivity index (χ0n) is 9.49. The third kappa shape index (κ3) is 3.35. The van der Waals surface area contributed by atoms with Crippen molar-refractivity contribution in [1.29, 1.82) is 0 Å². The topological polar surface area (TPSA) is 9.23 Å². The number of ether oxygens (including phenoxy) is 1. The van der Waals surface area contributed by atoms with Gasteiger partial charge in [-0.2, -0.15) is 0 Å². The molecule has 0 N–H and O–H groups in total. The Bertz CT molecular complexity index is 281. The number of aryl methyl sites for hydroxylation is 1. The van der Waals surface area contributed by atoms with Gasteiger partial charge in [0.2, 0.25) is 0 Å². The summed E-state index contributed by atoms with van der Waals surface area (Å²) in [6.07, 6.45) is 7.19. The fourth-order valence-corrected chi connectivity index (χ4v) is 2.28. The summed E-state index contributed by atoms with van der Waals surface area (Å²) in [7, 11) is 0. The molecule has 0 radical (unpaired) electrons. The molecule has 1 aromatic carbocycles. The predicted molar refractivity (Wildman–Crippen MR) is 62.9 cm³/mol. The van der Waals surface area contributed by atoms with Crippen molar-refractivity contribution in [3.05, 3.63) is 35.9 Å². The van der Waals surface area contributed by atoms with Gasteiger partial charge in [0.15, 0.2) is 0 Å². The molecule has 1 fully saturated rings. The first kappa shape index (κ1) is 10.7. The summed E-state index contributed by atoms with van der Waals surface area (Å²) in [5.74, 6) is 0. The summed E-state index contributed by atoms with van der Waals surface area (Å²) in [6, 6.07) is 10.7. The molecule has 15 heavy (non-hydrogen) atoms. The highest BCUT2D eigenvalue weighted by molar-refractivity contribution is 5.14. The molecule has 1 aliphatic rings. The van der Waals surface area contributed by atoms with Gasteiger partial charge in [-0.05, 0) is 44.6 Å². The Balaban J connectivity index is 1.67. The number of benzene rings is 1. The van der Waals surface area contributed by atoms with Gasteiger partial charge in [0.25, 0.3) is 0 Å².